The molecule has 8 heteroatoms. The molecule has 0 saturated heterocycles. The number of allylic oxidation sites excluding steroid dienone is 2. The highest BCUT2D eigenvalue weighted by Crippen LogP contribution is 2.44. The SMILES string of the molecule is CN1C(=CC=CC2=[N+](C)c3ccc(C(=O)O)cc3[N+]2(C)C)[N+](C)(C)c2cc(C(=O)O)ccc21. The number of benzene rings is 2. The molecule has 8 nitrogen and oxygen atoms in total. The lowest BCUT2D eigenvalue weighted by Crippen LogP contribution is -2.45. The van der Waals surface area contributed by atoms with E-state index in [0.717, 1.165) is 34.4 Å². The summed E-state index contributed by atoms with van der Waals surface area (Å²) in [4.78, 5) is 25.0. The summed E-state index contributed by atoms with van der Waals surface area (Å²) in [5, 5.41) is 18.8. The van der Waals surface area contributed by atoms with Gasteiger partial charge >= 0.3 is 17.8 Å². The Kier molecular flexibility index (Phi) is 5.03. The van der Waals surface area contributed by atoms with Crippen LogP contribution in [0.4, 0.5) is 22.7 Å². The van der Waals surface area contributed by atoms with Crippen molar-refractivity contribution in [3.05, 3.63) is 71.6 Å². The second kappa shape index (κ2) is 7.40. The molecule has 0 fully saturated rings. The molecule has 4 rings (SSSR count). The minimum absolute atomic E-state index is 0.269. The predicted molar refractivity (Wildman–Crippen MR) is 131 cm³/mol. The molecule has 33 heavy (non-hydrogen) atoms. The van der Waals surface area contributed by atoms with E-state index in [2.05, 4.69) is 9.48 Å². The second-order valence-corrected chi connectivity index (χ2v) is 9.28. The van der Waals surface area contributed by atoms with Gasteiger partial charge in [0.05, 0.1) is 45.4 Å². The normalized spacial score (nSPS) is 19.3. The molecule has 0 atom stereocenters. The Morgan fingerprint density at radius 3 is 2.09 bits per heavy atom. The highest BCUT2D eigenvalue weighted by molar-refractivity contribution is 6.04. The van der Waals surface area contributed by atoms with Gasteiger partial charge in [-0.1, -0.05) is 0 Å². The Bertz CT molecular complexity index is 1300. The van der Waals surface area contributed by atoms with Crippen molar-refractivity contribution in [3.8, 4) is 0 Å². The Morgan fingerprint density at radius 1 is 0.909 bits per heavy atom. The minimum atomic E-state index is -0.941. The molecule has 0 unspecified atom stereocenters. The molecule has 2 aromatic carbocycles. The lowest BCUT2D eigenvalue weighted by molar-refractivity contribution is -0.401. The number of likely N-dealkylation sites (N-methyl/N-ethyl adjacent to an activating group) is 1. The average molecular weight is 450 g/mol. The Morgan fingerprint density at radius 2 is 1.48 bits per heavy atom. The number of carboxylic acid groups (broad SMARTS) is 2. The molecule has 2 aliphatic heterocycles. The Hall–Kier alpha value is -3.75. The van der Waals surface area contributed by atoms with Gasteiger partial charge in [0.15, 0.2) is 5.69 Å². The zero-order valence-corrected chi connectivity index (χ0v) is 19.7. The zero-order valence-electron chi connectivity index (χ0n) is 19.7. The lowest BCUT2D eigenvalue weighted by atomic mass is 10.1. The van der Waals surface area contributed by atoms with Crippen LogP contribution in [0.2, 0.25) is 0 Å². The van der Waals surface area contributed by atoms with Gasteiger partial charge in [-0.15, -0.1) is 4.58 Å². The Labute approximate surface area is 193 Å². The fraction of sp³-hybridized carbons (Fsp3) is 0.240. The molecule has 0 spiro atoms. The van der Waals surface area contributed by atoms with Crippen molar-refractivity contribution in [2.75, 3.05) is 47.2 Å². The van der Waals surface area contributed by atoms with Crippen LogP contribution in [-0.4, -0.2) is 74.8 Å². The quantitative estimate of drug-likeness (QED) is 0.552. The molecular formula is C25H29N4O4+3. The van der Waals surface area contributed by atoms with E-state index in [0.29, 0.717) is 8.97 Å². The molecule has 2 aliphatic rings. The standard InChI is InChI=1S/C25H27N4O4/c1-26-18-12-10-16(24(30)31)14-20(18)28(3,4)22(26)8-7-9-23-27(2)19-13-11-17(25(32)33)15-21(19)29(23,5)6/h7-15H,1-6H3/q+1/p+2. The van der Waals surface area contributed by atoms with Crippen molar-refractivity contribution < 1.29 is 24.4 Å². The van der Waals surface area contributed by atoms with E-state index in [-0.39, 0.29) is 11.1 Å². The van der Waals surface area contributed by atoms with E-state index in [9.17, 15) is 19.8 Å². The summed E-state index contributed by atoms with van der Waals surface area (Å²) in [5.74, 6) is 0.121. The second-order valence-electron chi connectivity index (χ2n) is 9.28. The molecule has 2 heterocycles. The van der Waals surface area contributed by atoms with E-state index >= 15 is 0 Å². The Balaban J connectivity index is 1.70. The summed E-state index contributed by atoms with van der Waals surface area (Å²) < 4.78 is 2.91. The molecule has 0 saturated carbocycles. The smallest absolute Gasteiger partial charge is 0.374 e. The fourth-order valence-electron chi connectivity index (χ4n) is 4.84. The van der Waals surface area contributed by atoms with E-state index < -0.39 is 11.9 Å². The summed E-state index contributed by atoms with van der Waals surface area (Å²) in [6, 6.07) is 10.4. The van der Waals surface area contributed by atoms with Crippen molar-refractivity contribution in [1.29, 1.82) is 0 Å². The van der Waals surface area contributed by atoms with Gasteiger partial charge in [-0.3, -0.25) is 4.90 Å². The zero-order chi connectivity index (χ0) is 24.3. The lowest BCUT2D eigenvalue weighted by Gasteiger charge is -2.25. The molecule has 0 radical (unpaired) electrons. The van der Waals surface area contributed by atoms with Crippen LogP contribution < -0.4 is 13.9 Å². The monoisotopic (exact) mass is 449 g/mol. The molecule has 0 aliphatic carbocycles. The number of amidine groups is 1. The first kappa shape index (κ1) is 22.4. The first-order valence-electron chi connectivity index (χ1n) is 10.5. The van der Waals surface area contributed by atoms with Gasteiger partial charge in [0.25, 0.3) is 5.69 Å². The summed E-state index contributed by atoms with van der Waals surface area (Å²) in [6.45, 7) is 0. The number of rotatable bonds is 4. The van der Waals surface area contributed by atoms with E-state index in [4.69, 9.17) is 0 Å². The van der Waals surface area contributed by atoms with Gasteiger partial charge in [0.2, 0.25) is 11.5 Å². The molecule has 2 aromatic rings. The van der Waals surface area contributed by atoms with Gasteiger partial charge in [0, 0.05) is 31.3 Å². The van der Waals surface area contributed by atoms with Crippen molar-refractivity contribution in [1.82, 2.24) is 8.97 Å². The van der Waals surface area contributed by atoms with Gasteiger partial charge in [0.1, 0.15) is 12.7 Å². The number of hydrogen-bond donors (Lipinski definition) is 2. The highest BCUT2D eigenvalue weighted by atomic mass is 16.4. The third-order valence-corrected chi connectivity index (χ3v) is 6.70. The van der Waals surface area contributed by atoms with Crippen molar-refractivity contribution >= 4 is 40.5 Å². The van der Waals surface area contributed by atoms with Crippen molar-refractivity contribution in [3.63, 3.8) is 0 Å². The maximum atomic E-state index is 11.4. The summed E-state index contributed by atoms with van der Waals surface area (Å²) in [5.41, 5.74) is 4.33. The maximum Gasteiger partial charge on any atom is 0.374 e. The van der Waals surface area contributed by atoms with Crippen LogP contribution in [0.1, 0.15) is 20.7 Å². The van der Waals surface area contributed by atoms with Crippen LogP contribution in [0.3, 0.4) is 0 Å². The minimum Gasteiger partial charge on any atom is -0.478 e. The number of anilines is 1. The van der Waals surface area contributed by atoms with E-state index in [1.54, 1.807) is 24.3 Å². The van der Waals surface area contributed by atoms with Crippen molar-refractivity contribution in [2.24, 2.45) is 0 Å². The largest absolute Gasteiger partial charge is 0.478 e. The van der Waals surface area contributed by atoms with Gasteiger partial charge < -0.3 is 10.2 Å². The summed E-state index contributed by atoms with van der Waals surface area (Å²) >= 11 is 0. The first-order chi connectivity index (χ1) is 15.4. The molecular weight excluding hydrogens is 420 g/mol. The number of hydrogen-bond acceptors (Lipinski definition) is 3. The number of carboxylic acids is 2. The molecule has 2 N–H and O–H groups in total. The topological polar surface area (TPSA) is 80.8 Å². The third kappa shape index (κ3) is 3.35. The highest BCUT2D eigenvalue weighted by Gasteiger charge is 2.45. The van der Waals surface area contributed by atoms with Crippen LogP contribution in [0, 0.1) is 0 Å². The molecule has 170 valence electrons. The third-order valence-electron chi connectivity index (χ3n) is 6.70. The number of nitrogens with zero attached hydrogens (tertiary/aromatic N) is 4. The molecule has 0 bridgehead atoms. The van der Waals surface area contributed by atoms with Crippen LogP contribution in [0.5, 0.6) is 0 Å². The number of quaternary nitrogens is 2. The predicted octanol–water partition coefficient (Wildman–Crippen LogP) is 3.45. The number of fused-ring (bicyclic) bond motifs is 2. The average Bonchev–Trinajstić information content (AvgIpc) is 3.06. The van der Waals surface area contributed by atoms with Crippen LogP contribution in [0.25, 0.3) is 0 Å². The summed E-state index contributed by atoms with van der Waals surface area (Å²) in [6.07, 6.45) is 6.06. The van der Waals surface area contributed by atoms with Crippen LogP contribution in [-0.2, 0) is 0 Å². The first-order valence-corrected chi connectivity index (χ1v) is 10.5. The van der Waals surface area contributed by atoms with Gasteiger partial charge in [-0.05, 0) is 24.3 Å². The van der Waals surface area contributed by atoms with Crippen LogP contribution >= 0.6 is 0 Å². The molecule has 0 aromatic heterocycles. The van der Waals surface area contributed by atoms with Crippen LogP contribution in [0.15, 0.2) is 60.4 Å². The number of aromatic carboxylic acids is 2. The summed E-state index contributed by atoms with van der Waals surface area (Å²) in [7, 11) is 12.1. The van der Waals surface area contributed by atoms with Gasteiger partial charge in [-0.2, -0.15) is 0 Å². The van der Waals surface area contributed by atoms with E-state index in [1.165, 1.54) is 0 Å². The fourth-order valence-corrected chi connectivity index (χ4v) is 4.84. The van der Waals surface area contributed by atoms with Crippen molar-refractivity contribution in [2.45, 2.75) is 0 Å². The molecule has 0 amide bonds. The van der Waals surface area contributed by atoms with Gasteiger partial charge in [-0.25, -0.2) is 18.6 Å². The van der Waals surface area contributed by atoms with E-state index in [1.807, 2.05) is 72.6 Å². The maximum absolute atomic E-state index is 11.4. The number of carbonyl (C=O) groups is 2.